The van der Waals surface area contributed by atoms with Crippen LogP contribution in [0.1, 0.15) is 19.3 Å². The van der Waals surface area contributed by atoms with Gasteiger partial charge in [-0.3, -0.25) is 10.1 Å². The lowest BCUT2D eigenvalue weighted by molar-refractivity contribution is -0.384. The van der Waals surface area contributed by atoms with E-state index in [0.29, 0.717) is 17.1 Å². The highest BCUT2D eigenvalue weighted by Gasteiger charge is 2.25. The van der Waals surface area contributed by atoms with Crippen LogP contribution >= 0.6 is 0 Å². The van der Waals surface area contributed by atoms with E-state index in [4.69, 9.17) is 9.15 Å². The Labute approximate surface area is 115 Å². The molecule has 1 fully saturated rings. The van der Waals surface area contributed by atoms with Crippen molar-refractivity contribution in [2.75, 3.05) is 12.4 Å². The predicted octanol–water partition coefficient (Wildman–Crippen LogP) is 2.72. The molecule has 1 aromatic carbocycles. The molecule has 20 heavy (non-hydrogen) atoms. The lowest BCUT2D eigenvalue weighted by Gasteiger charge is -2.10. The smallest absolute Gasteiger partial charge is 0.295 e. The molecule has 0 saturated heterocycles. The summed E-state index contributed by atoms with van der Waals surface area (Å²) in [7, 11) is 1.71. The van der Waals surface area contributed by atoms with Crippen LogP contribution in [0.15, 0.2) is 22.6 Å². The van der Waals surface area contributed by atoms with E-state index in [1.807, 2.05) is 0 Å². The molecule has 2 unspecified atom stereocenters. The number of aromatic nitrogens is 1. The molecule has 1 aliphatic carbocycles. The number of methoxy groups -OCH3 is 1. The van der Waals surface area contributed by atoms with Crippen molar-refractivity contribution in [2.45, 2.75) is 31.4 Å². The maximum absolute atomic E-state index is 10.7. The molecule has 7 heteroatoms. The second kappa shape index (κ2) is 5.09. The first-order chi connectivity index (χ1) is 9.65. The third-order valence-electron chi connectivity index (χ3n) is 3.63. The van der Waals surface area contributed by atoms with Crippen molar-refractivity contribution in [3.8, 4) is 0 Å². The van der Waals surface area contributed by atoms with E-state index in [-0.39, 0.29) is 17.8 Å². The molecule has 1 aromatic heterocycles. The Hall–Kier alpha value is -2.15. The first-order valence-corrected chi connectivity index (χ1v) is 6.50. The number of benzene rings is 1. The first-order valence-electron chi connectivity index (χ1n) is 6.50. The number of non-ortho nitro benzene ring substituents is 1. The fourth-order valence-corrected chi connectivity index (χ4v) is 2.55. The summed E-state index contributed by atoms with van der Waals surface area (Å²) in [6.45, 7) is 0. The van der Waals surface area contributed by atoms with E-state index in [9.17, 15) is 10.1 Å². The Morgan fingerprint density at radius 3 is 3.05 bits per heavy atom. The molecule has 1 aliphatic rings. The van der Waals surface area contributed by atoms with Gasteiger partial charge in [0, 0.05) is 19.2 Å². The summed E-state index contributed by atoms with van der Waals surface area (Å²) in [5.74, 6) is 0. The molecule has 1 heterocycles. The maximum Gasteiger partial charge on any atom is 0.295 e. The largest absolute Gasteiger partial charge is 0.423 e. The fourth-order valence-electron chi connectivity index (χ4n) is 2.55. The number of nitro benzene ring substituents is 1. The summed E-state index contributed by atoms with van der Waals surface area (Å²) >= 11 is 0. The van der Waals surface area contributed by atoms with E-state index in [2.05, 4.69) is 10.3 Å². The molecule has 0 bridgehead atoms. The average molecular weight is 277 g/mol. The zero-order valence-corrected chi connectivity index (χ0v) is 11.0. The molecule has 1 N–H and O–H groups in total. The van der Waals surface area contributed by atoms with Gasteiger partial charge in [0.2, 0.25) is 0 Å². The van der Waals surface area contributed by atoms with Gasteiger partial charge < -0.3 is 14.5 Å². The summed E-state index contributed by atoms with van der Waals surface area (Å²) in [4.78, 5) is 14.6. The number of oxazole rings is 1. The van der Waals surface area contributed by atoms with Gasteiger partial charge in [-0.1, -0.05) is 0 Å². The quantitative estimate of drug-likeness (QED) is 0.682. The van der Waals surface area contributed by atoms with Gasteiger partial charge in [-0.25, -0.2) is 0 Å². The van der Waals surface area contributed by atoms with Crippen molar-refractivity contribution in [1.29, 1.82) is 0 Å². The number of hydrogen-bond donors (Lipinski definition) is 1. The molecule has 0 radical (unpaired) electrons. The van der Waals surface area contributed by atoms with Crippen molar-refractivity contribution in [2.24, 2.45) is 0 Å². The number of nitrogens with zero attached hydrogens (tertiary/aromatic N) is 2. The SMILES string of the molecule is COC1CCC(Nc2nc3ccc([N+](=O)[O-])cc3o2)C1. The van der Waals surface area contributed by atoms with Gasteiger partial charge in [0.25, 0.3) is 11.7 Å². The zero-order valence-electron chi connectivity index (χ0n) is 11.0. The number of rotatable bonds is 4. The van der Waals surface area contributed by atoms with Gasteiger partial charge >= 0.3 is 0 Å². The molecule has 106 valence electrons. The monoisotopic (exact) mass is 277 g/mol. The summed E-state index contributed by atoms with van der Waals surface area (Å²) in [6.07, 6.45) is 3.20. The minimum Gasteiger partial charge on any atom is -0.423 e. The van der Waals surface area contributed by atoms with Crippen LogP contribution in [0.5, 0.6) is 0 Å². The number of anilines is 1. The summed E-state index contributed by atoms with van der Waals surface area (Å²) in [5.41, 5.74) is 1.03. The Bertz CT molecular complexity index is 640. The van der Waals surface area contributed by atoms with E-state index in [1.54, 1.807) is 13.2 Å². The highest BCUT2D eigenvalue weighted by atomic mass is 16.6. The van der Waals surface area contributed by atoms with Crippen LogP contribution in [0, 0.1) is 10.1 Å². The molecule has 2 aromatic rings. The van der Waals surface area contributed by atoms with Crippen molar-refractivity contribution in [1.82, 2.24) is 4.98 Å². The molecule has 0 amide bonds. The average Bonchev–Trinajstić information content (AvgIpc) is 3.03. The van der Waals surface area contributed by atoms with Crippen LogP contribution in [-0.2, 0) is 4.74 Å². The third kappa shape index (κ3) is 2.44. The standard InChI is InChI=1S/C13H15N3O4/c1-19-10-4-2-8(6-10)14-13-15-11-5-3-9(16(17)18)7-12(11)20-13/h3,5,7-8,10H,2,4,6H2,1H3,(H,14,15). The Kier molecular flexibility index (Phi) is 3.27. The minimum atomic E-state index is -0.449. The van der Waals surface area contributed by atoms with Crippen LogP contribution < -0.4 is 5.32 Å². The van der Waals surface area contributed by atoms with Gasteiger partial charge in [-0.2, -0.15) is 4.98 Å². The van der Waals surface area contributed by atoms with E-state index >= 15 is 0 Å². The number of fused-ring (bicyclic) bond motifs is 1. The van der Waals surface area contributed by atoms with Crippen LogP contribution in [0.2, 0.25) is 0 Å². The molecular weight excluding hydrogens is 262 g/mol. The number of hydrogen-bond acceptors (Lipinski definition) is 6. The molecule has 0 spiro atoms. The summed E-state index contributed by atoms with van der Waals surface area (Å²) < 4.78 is 10.8. The normalized spacial score (nSPS) is 22.2. The van der Waals surface area contributed by atoms with Crippen LogP contribution in [0.25, 0.3) is 11.1 Å². The lowest BCUT2D eigenvalue weighted by Crippen LogP contribution is -2.17. The van der Waals surface area contributed by atoms with Gasteiger partial charge in [-0.05, 0) is 25.3 Å². The Balaban J connectivity index is 1.77. The Morgan fingerprint density at radius 2 is 2.35 bits per heavy atom. The summed E-state index contributed by atoms with van der Waals surface area (Å²) in [6, 6.07) is 5.07. The van der Waals surface area contributed by atoms with E-state index < -0.39 is 4.92 Å². The Morgan fingerprint density at radius 1 is 1.50 bits per heavy atom. The third-order valence-corrected chi connectivity index (χ3v) is 3.63. The fraction of sp³-hybridized carbons (Fsp3) is 0.462. The van der Waals surface area contributed by atoms with Gasteiger partial charge in [-0.15, -0.1) is 0 Å². The van der Waals surface area contributed by atoms with E-state index in [1.165, 1.54) is 12.1 Å². The molecule has 1 saturated carbocycles. The summed E-state index contributed by atoms with van der Waals surface area (Å²) in [5, 5.41) is 13.9. The van der Waals surface area contributed by atoms with Gasteiger partial charge in [0.15, 0.2) is 5.58 Å². The van der Waals surface area contributed by atoms with Crippen molar-refractivity contribution in [3.05, 3.63) is 28.3 Å². The number of ether oxygens (including phenoxy) is 1. The van der Waals surface area contributed by atoms with Gasteiger partial charge in [0.05, 0.1) is 17.1 Å². The first kappa shape index (κ1) is 12.9. The highest BCUT2D eigenvalue weighted by Crippen LogP contribution is 2.27. The van der Waals surface area contributed by atoms with Crippen LogP contribution in [0.4, 0.5) is 11.7 Å². The van der Waals surface area contributed by atoms with Crippen molar-refractivity contribution >= 4 is 22.8 Å². The number of nitrogens with one attached hydrogen (secondary N) is 1. The zero-order chi connectivity index (χ0) is 14.1. The second-order valence-electron chi connectivity index (χ2n) is 4.94. The lowest BCUT2D eigenvalue weighted by atomic mass is 10.2. The molecule has 2 atom stereocenters. The van der Waals surface area contributed by atoms with Gasteiger partial charge in [0.1, 0.15) is 5.52 Å². The topological polar surface area (TPSA) is 90.4 Å². The second-order valence-corrected chi connectivity index (χ2v) is 4.94. The van der Waals surface area contributed by atoms with Crippen LogP contribution in [-0.4, -0.2) is 29.2 Å². The number of nitro groups is 1. The van der Waals surface area contributed by atoms with Crippen molar-refractivity contribution in [3.63, 3.8) is 0 Å². The van der Waals surface area contributed by atoms with Crippen LogP contribution in [0.3, 0.4) is 0 Å². The molecule has 7 nitrogen and oxygen atoms in total. The van der Waals surface area contributed by atoms with Crippen molar-refractivity contribution < 1.29 is 14.1 Å². The molecular formula is C13H15N3O4. The molecule has 0 aliphatic heterocycles. The maximum atomic E-state index is 10.7. The molecule has 3 rings (SSSR count). The highest BCUT2D eigenvalue weighted by molar-refractivity contribution is 5.77. The predicted molar refractivity (Wildman–Crippen MR) is 72.7 cm³/mol. The van der Waals surface area contributed by atoms with E-state index in [0.717, 1.165) is 19.3 Å². The minimum absolute atomic E-state index is 0.000475.